The van der Waals surface area contributed by atoms with Gasteiger partial charge in [-0.15, -0.1) is 0 Å². The molecule has 0 atom stereocenters. The van der Waals surface area contributed by atoms with Gasteiger partial charge >= 0.3 is 6.03 Å². The van der Waals surface area contributed by atoms with E-state index in [0.717, 1.165) is 38.3 Å². The minimum Gasteiger partial charge on any atom is -0.368 e. The van der Waals surface area contributed by atoms with Crippen LogP contribution in [0.4, 0.5) is 10.5 Å². The lowest BCUT2D eigenvalue weighted by molar-refractivity contribution is 0.194. The molecule has 2 fully saturated rings. The van der Waals surface area contributed by atoms with E-state index >= 15 is 0 Å². The highest BCUT2D eigenvalue weighted by molar-refractivity contribution is 5.74. The summed E-state index contributed by atoms with van der Waals surface area (Å²) in [6.45, 7) is 7.22. The molecule has 2 aliphatic heterocycles. The first-order valence-electron chi connectivity index (χ1n) is 10.8. The molecule has 3 heterocycles. The molecule has 2 aromatic rings. The second-order valence-corrected chi connectivity index (χ2v) is 7.99. The number of carbonyl (C=O) groups is 1. The van der Waals surface area contributed by atoms with Crippen LogP contribution in [0.1, 0.15) is 30.4 Å². The van der Waals surface area contributed by atoms with Gasteiger partial charge in [0.15, 0.2) is 0 Å². The summed E-state index contributed by atoms with van der Waals surface area (Å²) in [5, 5.41) is 3.07. The number of nitrogens with zero attached hydrogens (tertiary/aromatic N) is 4. The maximum Gasteiger partial charge on any atom is 0.317 e. The maximum atomic E-state index is 12.5. The molecule has 0 radical (unpaired) electrons. The summed E-state index contributed by atoms with van der Waals surface area (Å²) in [6, 6.07) is 12.7. The van der Waals surface area contributed by atoms with Gasteiger partial charge in [-0.25, -0.2) is 4.79 Å². The summed E-state index contributed by atoms with van der Waals surface area (Å²) in [4.78, 5) is 23.3. The van der Waals surface area contributed by atoms with Gasteiger partial charge in [-0.3, -0.25) is 9.88 Å². The molecule has 0 aliphatic carbocycles. The van der Waals surface area contributed by atoms with Gasteiger partial charge in [0.05, 0.1) is 0 Å². The van der Waals surface area contributed by atoms with Crippen LogP contribution in [0.15, 0.2) is 48.8 Å². The average molecular weight is 394 g/mol. The van der Waals surface area contributed by atoms with E-state index in [9.17, 15) is 4.79 Å². The van der Waals surface area contributed by atoms with Crippen molar-refractivity contribution in [3.63, 3.8) is 0 Å². The molecule has 6 heteroatoms. The van der Waals surface area contributed by atoms with Gasteiger partial charge in [-0.05, 0) is 49.2 Å². The lowest BCUT2D eigenvalue weighted by Gasteiger charge is -2.36. The van der Waals surface area contributed by atoms with E-state index in [1.165, 1.54) is 43.6 Å². The number of carbonyl (C=O) groups excluding carboxylic acids is 1. The normalized spacial score (nSPS) is 17.9. The van der Waals surface area contributed by atoms with Crippen LogP contribution in [-0.2, 0) is 13.1 Å². The first kappa shape index (κ1) is 19.7. The van der Waals surface area contributed by atoms with E-state index < -0.39 is 0 Å². The van der Waals surface area contributed by atoms with Crippen LogP contribution in [0, 0.1) is 0 Å². The number of hydrogen-bond donors (Lipinski definition) is 1. The van der Waals surface area contributed by atoms with Gasteiger partial charge in [0.25, 0.3) is 0 Å². The molecule has 0 bridgehead atoms. The Morgan fingerprint density at radius 3 is 2.17 bits per heavy atom. The number of pyridine rings is 1. The number of piperazine rings is 1. The van der Waals surface area contributed by atoms with Gasteiger partial charge in [-0.2, -0.15) is 0 Å². The monoisotopic (exact) mass is 393 g/mol. The van der Waals surface area contributed by atoms with Crippen molar-refractivity contribution in [2.75, 3.05) is 44.2 Å². The van der Waals surface area contributed by atoms with E-state index in [0.29, 0.717) is 6.54 Å². The van der Waals surface area contributed by atoms with E-state index in [2.05, 4.69) is 44.4 Å². The number of amides is 2. The number of piperidine rings is 1. The number of hydrogen-bond acceptors (Lipinski definition) is 4. The Kier molecular flexibility index (Phi) is 6.62. The van der Waals surface area contributed by atoms with Gasteiger partial charge < -0.3 is 15.1 Å². The SMILES string of the molecule is O=C(NCc1ccc(CN2CCCCC2)cc1)N1CCN(c2ccncc2)CC1. The molecule has 2 amide bonds. The summed E-state index contributed by atoms with van der Waals surface area (Å²) in [5.41, 5.74) is 3.68. The number of aromatic nitrogens is 1. The van der Waals surface area contributed by atoms with Crippen LogP contribution in [0.3, 0.4) is 0 Å². The summed E-state index contributed by atoms with van der Waals surface area (Å²) in [5.74, 6) is 0. The van der Waals surface area contributed by atoms with E-state index in [-0.39, 0.29) is 6.03 Å². The van der Waals surface area contributed by atoms with Crippen LogP contribution >= 0.6 is 0 Å². The Bertz CT molecular complexity index is 766. The van der Waals surface area contributed by atoms with E-state index in [1.807, 2.05) is 29.4 Å². The van der Waals surface area contributed by atoms with E-state index in [4.69, 9.17) is 0 Å². The standard InChI is InChI=1S/C23H31N5O/c29-23(28-16-14-27(15-17-28)22-8-10-24-11-9-22)25-18-20-4-6-21(7-5-20)19-26-12-2-1-3-13-26/h4-11H,1-3,12-19H2,(H,25,29). The van der Waals surface area contributed by atoms with Crippen LogP contribution in [-0.4, -0.2) is 60.1 Å². The number of benzene rings is 1. The number of rotatable bonds is 5. The quantitative estimate of drug-likeness (QED) is 0.848. The predicted octanol–water partition coefficient (Wildman–Crippen LogP) is 3.10. The molecule has 1 N–H and O–H groups in total. The second-order valence-electron chi connectivity index (χ2n) is 7.99. The maximum absolute atomic E-state index is 12.5. The zero-order valence-corrected chi connectivity index (χ0v) is 17.1. The Hall–Kier alpha value is -2.60. The Labute approximate surface area is 173 Å². The Balaban J connectivity index is 1.20. The minimum atomic E-state index is 0.0248. The Morgan fingerprint density at radius 2 is 1.48 bits per heavy atom. The van der Waals surface area contributed by atoms with Gasteiger partial charge in [0.1, 0.15) is 0 Å². The highest BCUT2D eigenvalue weighted by Gasteiger charge is 2.21. The fourth-order valence-corrected chi connectivity index (χ4v) is 4.15. The molecule has 1 aromatic carbocycles. The van der Waals surface area contributed by atoms with Crippen molar-refractivity contribution in [1.29, 1.82) is 0 Å². The van der Waals surface area contributed by atoms with Gasteiger partial charge in [0.2, 0.25) is 0 Å². The highest BCUT2D eigenvalue weighted by Crippen LogP contribution is 2.15. The third-order valence-electron chi connectivity index (χ3n) is 5.92. The zero-order chi connectivity index (χ0) is 19.9. The summed E-state index contributed by atoms with van der Waals surface area (Å²) >= 11 is 0. The molecule has 1 aromatic heterocycles. The van der Waals surface area contributed by atoms with E-state index in [1.54, 1.807) is 0 Å². The molecule has 0 saturated carbocycles. The van der Waals surface area contributed by atoms with Crippen LogP contribution < -0.4 is 10.2 Å². The smallest absolute Gasteiger partial charge is 0.317 e. The average Bonchev–Trinajstić information content (AvgIpc) is 2.80. The number of anilines is 1. The van der Waals surface area contributed by atoms with Crippen LogP contribution in [0.5, 0.6) is 0 Å². The third kappa shape index (κ3) is 5.48. The largest absolute Gasteiger partial charge is 0.368 e. The van der Waals surface area contributed by atoms with Crippen molar-refractivity contribution in [3.05, 3.63) is 59.9 Å². The molecule has 2 aliphatic rings. The summed E-state index contributed by atoms with van der Waals surface area (Å²) < 4.78 is 0. The molecule has 0 spiro atoms. The molecule has 6 nitrogen and oxygen atoms in total. The minimum absolute atomic E-state index is 0.0248. The first-order valence-corrected chi connectivity index (χ1v) is 10.8. The van der Waals surface area contributed by atoms with Crippen LogP contribution in [0.25, 0.3) is 0 Å². The predicted molar refractivity (Wildman–Crippen MR) is 116 cm³/mol. The van der Waals surface area contributed by atoms with Crippen LogP contribution in [0.2, 0.25) is 0 Å². The van der Waals surface area contributed by atoms with Crippen molar-refractivity contribution in [3.8, 4) is 0 Å². The summed E-state index contributed by atoms with van der Waals surface area (Å²) in [6.07, 6.45) is 7.63. The lowest BCUT2D eigenvalue weighted by Crippen LogP contribution is -2.51. The number of likely N-dealkylation sites (tertiary alicyclic amines) is 1. The van der Waals surface area contributed by atoms with Crippen molar-refractivity contribution >= 4 is 11.7 Å². The zero-order valence-electron chi connectivity index (χ0n) is 17.1. The van der Waals surface area contributed by atoms with Crippen molar-refractivity contribution in [2.45, 2.75) is 32.4 Å². The molecular formula is C23H31N5O. The number of urea groups is 1. The molecule has 29 heavy (non-hydrogen) atoms. The molecule has 154 valence electrons. The van der Waals surface area contributed by atoms with Crippen molar-refractivity contribution in [2.24, 2.45) is 0 Å². The van der Waals surface area contributed by atoms with Crippen molar-refractivity contribution in [1.82, 2.24) is 20.1 Å². The van der Waals surface area contributed by atoms with Crippen molar-refractivity contribution < 1.29 is 4.79 Å². The highest BCUT2D eigenvalue weighted by atomic mass is 16.2. The fraction of sp³-hybridized carbons (Fsp3) is 0.478. The number of nitrogens with one attached hydrogen (secondary N) is 1. The van der Waals surface area contributed by atoms with Gasteiger partial charge in [-0.1, -0.05) is 30.7 Å². The molecule has 4 rings (SSSR count). The van der Waals surface area contributed by atoms with Gasteiger partial charge in [0, 0.05) is 57.3 Å². The first-order chi connectivity index (χ1) is 14.3. The second kappa shape index (κ2) is 9.74. The topological polar surface area (TPSA) is 51.7 Å². The molecule has 0 unspecified atom stereocenters. The summed E-state index contributed by atoms with van der Waals surface area (Å²) in [7, 11) is 0. The molecular weight excluding hydrogens is 362 g/mol. The molecule has 2 saturated heterocycles. The third-order valence-corrected chi connectivity index (χ3v) is 5.92. The lowest BCUT2D eigenvalue weighted by atomic mass is 10.1. The Morgan fingerprint density at radius 1 is 0.828 bits per heavy atom. The fourth-order valence-electron chi connectivity index (χ4n) is 4.15.